The maximum absolute atomic E-state index is 13.1. The summed E-state index contributed by atoms with van der Waals surface area (Å²) in [6.07, 6.45) is -0.996. The van der Waals surface area contributed by atoms with Crippen LogP contribution in [0.3, 0.4) is 0 Å². The molecule has 0 atom stereocenters. The van der Waals surface area contributed by atoms with Gasteiger partial charge in [0.05, 0.1) is 35.7 Å². The van der Waals surface area contributed by atoms with Crippen LogP contribution < -0.4 is 0 Å². The minimum Gasteiger partial charge on any atom is -0.466 e. The summed E-state index contributed by atoms with van der Waals surface area (Å²) in [6.45, 7) is 7.06. The zero-order valence-corrected chi connectivity index (χ0v) is 17.0. The fourth-order valence-electron chi connectivity index (χ4n) is 3.83. The summed E-state index contributed by atoms with van der Waals surface area (Å²) in [7, 11) is 0. The van der Waals surface area contributed by atoms with Crippen molar-refractivity contribution in [1.82, 2.24) is 14.5 Å². The molecule has 0 bridgehead atoms. The molecule has 1 aliphatic rings. The van der Waals surface area contributed by atoms with Crippen molar-refractivity contribution in [3.05, 3.63) is 29.6 Å². The molecule has 29 heavy (non-hydrogen) atoms. The van der Waals surface area contributed by atoms with Crippen molar-refractivity contribution < 1.29 is 22.7 Å². The van der Waals surface area contributed by atoms with E-state index in [0.717, 1.165) is 68.8 Å². The van der Waals surface area contributed by atoms with E-state index in [9.17, 15) is 18.0 Å². The highest BCUT2D eigenvalue weighted by molar-refractivity contribution is 5.77. The van der Waals surface area contributed by atoms with Crippen molar-refractivity contribution >= 4 is 17.0 Å². The van der Waals surface area contributed by atoms with Crippen molar-refractivity contribution in [3.63, 3.8) is 0 Å². The van der Waals surface area contributed by atoms with Crippen LogP contribution in [0.1, 0.15) is 50.9 Å². The number of piperidine rings is 1. The number of unbranched alkanes of at least 4 members (excludes halogenated alkanes) is 1. The molecule has 5 nitrogen and oxygen atoms in total. The molecule has 0 radical (unpaired) electrons. The van der Waals surface area contributed by atoms with Crippen LogP contribution in [0.4, 0.5) is 13.2 Å². The Labute approximate surface area is 168 Å². The van der Waals surface area contributed by atoms with Crippen LogP contribution >= 0.6 is 0 Å². The largest absolute Gasteiger partial charge is 0.466 e. The predicted molar refractivity (Wildman–Crippen MR) is 104 cm³/mol. The quantitative estimate of drug-likeness (QED) is 0.624. The molecule has 0 unspecified atom stereocenters. The summed E-state index contributed by atoms with van der Waals surface area (Å²) in [5.41, 5.74) is 0.446. The molecule has 2 heterocycles. The smallest absolute Gasteiger partial charge is 0.416 e. The molecule has 0 aliphatic carbocycles. The van der Waals surface area contributed by atoms with E-state index in [-0.39, 0.29) is 11.9 Å². The van der Waals surface area contributed by atoms with Gasteiger partial charge in [-0.05, 0) is 57.5 Å². The molecule has 1 aromatic heterocycles. The standard InChI is InChI=1S/C21H28F3N3O2/c1-3-5-10-27-18-7-6-16(21(22,23)24)13-17(18)25-19(27)14-26-11-8-15(9-12-26)20(28)29-4-2/h6-7,13,15H,3-5,8-12,14H2,1-2H3. The van der Waals surface area contributed by atoms with Crippen molar-refractivity contribution in [2.45, 2.75) is 58.8 Å². The monoisotopic (exact) mass is 411 g/mol. The fraction of sp³-hybridized carbons (Fsp3) is 0.619. The van der Waals surface area contributed by atoms with Gasteiger partial charge in [-0.15, -0.1) is 0 Å². The van der Waals surface area contributed by atoms with Gasteiger partial charge in [0.2, 0.25) is 0 Å². The average Bonchev–Trinajstić information content (AvgIpc) is 3.02. The van der Waals surface area contributed by atoms with E-state index >= 15 is 0 Å². The number of esters is 1. The van der Waals surface area contributed by atoms with E-state index in [1.807, 2.05) is 4.57 Å². The number of hydrogen-bond acceptors (Lipinski definition) is 4. The third-order valence-electron chi connectivity index (χ3n) is 5.46. The van der Waals surface area contributed by atoms with Crippen LogP contribution in [-0.2, 0) is 28.8 Å². The van der Waals surface area contributed by atoms with Gasteiger partial charge in [-0.3, -0.25) is 9.69 Å². The number of benzene rings is 1. The Morgan fingerprint density at radius 3 is 2.59 bits per heavy atom. The first-order valence-corrected chi connectivity index (χ1v) is 10.3. The van der Waals surface area contributed by atoms with Gasteiger partial charge in [-0.25, -0.2) is 4.98 Å². The summed E-state index contributed by atoms with van der Waals surface area (Å²) < 4.78 is 46.4. The number of alkyl halides is 3. The summed E-state index contributed by atoms with van der Waals surface area (Å²) in [6, 6.07) is 3.78. The summed E-state index contributed by atoms with van der Waals surface area (Å²) in [5.74, 6) is 0.573. The van der Waals surface area contributed by atoms with Gasteiger partial charge in [0.15, 0.2) is 0 Å². The van der Waals surface area contributed by atoms with Gasteiger partial charge in [0.1, 0.15) is 5.82 Å². The number of hydrogen-bond donors (Lipinski definition) is 0. The van der Waals surface area contributed by atoms with E-state index in [2.05, 4.69) is 16.8 Å². The molecular formula is C21H28F3N3O2. The number of nitrogens with zero attached hydrogens (tertiary/aromatic N) is 3. The number of carbonyl (C=O) groups excluding carboxylic acids is 1. The molecule has 0 amide bonds. The Kier molecular flexibility index (Phi) is 6.82. The zero-order valence-electron chi connectivity index (χ0n) is 17.0. The zero-order chi connectivity index (χ0) is 21.0. The molecule has 3 rings (SSSR count). The molecular weight excluding hydrogens is 383 g/mol. The molecule has 0 spiro atoms. The van der Waals surface area contributed by atoms with Gasteiger partial charge in [-0.1, -0.05) is 13.3 Å². The molecule has 1 aromatic carbocycles. The first-order valence-electron chi connectivity index (χ1n) is 10.3. The number of imidazole rings is 1. The Balaban J connectivity index is 1.78. The number of rotatable bonds is 7. The highest BCUT2D eigenvalue weighted by Crippen LogP contribution is 2.32. The number of aromatic nitrogens is 2. The molecule has 0 saturated carbocycles. The number of ether oxygens (including phenoxy) is 1. The van der Waals surface area contributed by atoms with Gasteiger partial charge in [0.25, 0.3) is 0 Å². The maximum atomic E-state index is 13.1. The number of aryl methyl sites for hydroxylation is 1. The summed E-state index contributed by atoms with van der Waals surface area (Å²) in [5, 5.41) is 0. The Hall–Kier alpha value is -2.09. The maximum Gasteiger partial charge on any atom is 0.416 e. The van der Waals surface area contributed by atoms with Crippen molar-refractivity contribution in [3.8, 4) is 0 Å². The van der Waals surface area contributed by atoms with E-state index in [1.165, 1.54) is 6.07 Å². The van der Waals surface area contributed by atoms with E-state index in [0.29, 0.717) is 18.7 Å². The molecule has 160 valence electrons. The summed E-state index contributed by atoms with van der Waals surface area (Å²) in [4.78, 5) is 18.7. The van der Waals surface area contributed by atoms with Crippen LogP contribution in [0.25, 0.3) is 11.0 Å². The Morgan fingerprint density at radius 1 is 1.24 bits per heavy atom. The number of carbonyl (C=O) groups is 1. The molecule has 1 aliphatic heterocycles. The third-order valence-corrected chi connectivity index (χ3v) is 5.46. The van der Waals surface area contributed by atoms with Crippen LogP contribution in [0.15, 0.2) is 18.2 Å². The van der Waals surface area contributed by atoms with Crippen molar-refractivity contribution in [1.29, 1.82) is 0 Å². The highest BCUT2D eigenvalue weighted by Gasteiger charge is 2.31. The lowest BCUT2D eigenvalue weighted by Gasteiger charge is -2.30. The number of halogens is 3. The first-order chi connectivity index (χ1) is 13.8. The second-order valence-electron chi connectivity index (χ2n) is 7.54. The minimum absolute atomic E-state index is 0.0700. The van der Waals surface area contributed by atoms with E-state index in [4.69, 9.17) is 4.74 Å². The second kappa shape index (κ2) is 9.15. The fourth-order valence-corrected chi connectivity index (χ4v) is 3.83. The molecule has 1 fully saturated rings. The average molecular weight is 411 g/mol. The van der Waals surface area contributed by atoms with Crippen molar-refractivity contribution in [2.24, 2.45) is 5.92 Å². The second-order valence-corrected chi connectivity index (χ2v) is 7.54. The minimum atomic E-state index is -4.38. The van der Waals surface area contributed by atoms with Gasteiger partial charge in [0, 0.05) is 6.54 Å². The summed E-state index contributed by atoms with van der Waals surface area (Å²) >= 11 is 0. The molecule has 1 saturated heterocycles. The number of likely N-dealkylation sites (tertiary alicyclic amines) is 1. The SMILES string of the molecule is CCCCn1c(CN2CCC(C(=O)OCC)CC2)nc2cc(C(F)(F)F)ccc21. The van der Waals surface area contributed by atoms with Crippen LogP contribution in [0, 0.1) is 5.92 Å². The van der Waals surface area contributed by atoms with Gasteiger partial charge < -0.3 is 9.30 Å². The molecule has 2 aromatic rings. The Bertz CT molecular complexity index is 840. The van der Waals surface area contributed by atoms with Gasteiger partial charge >= 0.3 is 12.1 Å². The third kappa shape index (κ3) is 5.10. The number of fused-ring (bicyclic) bond motifs is 1. The van der Waals surface area contributed by atoms with E-state index < -0.39 is 11.7 Å². The first kappa shape index (κ1) is 21.6. The van der Waals surface area contributed by atoms with Crippen molar-refractivity contribution in [2.75, 3.05) is 19.7 Å². The lowest BCUT2D eigenvalue weighted by Crippen LogP contribution is -2.37. The van der Waals surface area contributed by atoms with Crippen LogP contribution in [0.5, 0.6) is 0 Å². The topological polar surface area (TPSA) is 47.4 Å². The lowest BCUT2D eigenvalue weighted by atomic mass is 9.97. The Morgan fingerprint density at radius 2 is 1.97 bits per heavy atom. The van der Waals surface area contributed by atoms with E-state index in [1.54, 1.807) is 6.92 Å². The predicted octanol–water partition coefficient (Wildman–Crippen LogP) is 4.63. The lowest BCUT2D eigenvalue weighted by molar-refractivity contribution is -0.149. The normalized spacial score (nSPS) is 16.4. The molecule has 8 heteroatoms. The van der Waals surface area contributed by atoms with Crippen LogP contribution in [0.2, 0.25) is 0 Å². The highest BCUT2D eigenvalue weighted by atomic mass is 19.4. The van der Waals surface area contributed by atoms with Crippen LogP contribution in [-0.4, -0.2) is 40.1 Å². The molecule has 0 N–H and O–H groups in total. The van der Waals surface area contributed by atoms with Gasteiger partial charge in [-0.2, -0.15) is 13.2 Å².